The number of nitrogen functional groups attached to an aromatic ring is 1. The van der Waals surface area contributed by atoms with Crippen LogP contribution in [0.2, 0.25) is 0 Å². The molecule has 1 heterocycles. The van der Waals surface area contributed by atoms with Crippen LogP contribution < -0.4 is 10.5 Å². The predicted octanol–water partition coefficient (Wildman–Crippen LogP) is 2.11. The molecule has 0 fully saturated rings. The van der Waals surface area contributed by atoms with Gasteiger partial charge in [-0.25, -0.2) is 9.97 Å². The van der Waals surface area contributed by atoms with Crippen LogP contribution in [0.3, 0.4) is 0 Å². The largest absolute Gasteiger partial charge is 0.494 e. The summed E-state index contributed by atoms with van der Waals surface area (Å²) < 4.78 is 10.2. The highest BCUT2D eigenvalue weighted by Gasteiger charge is 2.11. The molecule has 21 heavy (non-hydrogen) atoms. The maximum absolute atomic E-state index is 11.4. The fourth-order valence-electron chi connectivity index (χ4n) is 2.20. The number of carbonyl (C=O) groups excluding carboxylic acids is 1. The molecule has 0 unspecified atom stereocenters. The number of aromatic nitrogens is 2. The van der Waals surface area contributed by atoms with Gasteiger partial charge < -0.3 is 15.2 Å². The van der Waals surface area contributed by atoms with Gasteiger partial charge in [-0.05, 0) is 25.8 Å². The van der Waals surface area contributed by atoms with Crippen molar-refractivity contribution in [3.05, 3.63) is 23.9 Å². The third-order valence-electron chi connectivity index (χ3n) is 3.11. The molecule has 0 amide bonds. The number of ether oxygens (including phenoxy) is 2. The molecule has 2 aromatic rings. The van der Waals surface area contributed by atoms with Crippen LogP contribution in [0.1, 0.15) is 25.5 Å². The van der Waals surface area contributed by atoms with Gasteiger partial charge in [-0.15, -0.1) is 0 Å². The Morgan fingerprint density at radius 2 is 2.14 bits per heavy atom. The number of para-hydroxylation sites is 1. The van der Waals surface area contributed by atoms with E-state index in [-0.39, 0.29) is 11.9 Å². The number of aryl methyl sites for hydroxylation is 1. The van der Waals surface area contributed by atoms with Crippen molar-refractivity contribution in [2.75, 3.05) is 19.5 Å². The first-order valence-corrected chi connectivity index (χ1v) is 6.90. The third-order valence-corrected chi connectivity index (χ3v) is 3.11. The Hall–Kier alpha value is -2.37. The van der Waals surface area contributed by atoms with Crippen LogP contribution in [0.25, 0.3) is 10.9 Å². The summed E-state index contributed by atoms with van der Waals surface area (Å²) in [4.78, 5) is 19.9. The van der Waals surface area contributed by atoms with Crippen molar-refractivity contribution in [3.8, 4) is 5.75 Å². The summed E-state index contributed by atoms with van der Waals surface area (Å²) in [7, 11) is 1.59. The van der Waals surface area contributed by atoms with Crippen molar-refractivity contribution in [1.82, 2.24) is 9.97 Å². The van der Waals surface area contributed by atoms with Crippen LogP contribution in [0.15, 0.2) is 18.2 Å². The highest BCUT2D eigenvalue weighted by Crippen LogP contribution is 2.26. The summed E-state index contributed by atoms with van der Waals surface area (Å²) in [6.07, 6.45) is 1.65. The summed E-state index contributed by atoms with van der Waals surface area (Å²) >= 11 is 0. The number of esters is 1. The molecule has 0 spiro atoms. The van der Waals surface area contributed by atoms with Gasteiger partial charge >= 0.3 is 5.97 Å². The molecule has 0 bridgehead atoms. The van der Waals surface area contributed by atoms with Crippen LogP contribution in [-0.2, 0) is 16.0 Å². The van der Waals surface area contributed by atoms with E-state index in [1.165, 1.54) is 0 Å². The standard InChI is InChI=1S/C15H19N3O3/c1-3-21-13(19)9-5-7-11-10-6-4-8-12(20-2)14(10)18-15(16)17-11/h4,6,8H,3,5,7,9H2,1-2H3,(H2,16,17,18). The van der Waals surface area contributed by atoms with Crippen molar-refractivity contribution < 1.29 is 14.3 Å². The monoisotopic (exact) mass is 289 g/mol. The summed E-state index contributed by atoms with van der Waals surface area (Å²) in [6.45, 7) is 2.20. The van der Waals surface area contributed by atoms with Crippen LogP contribution in [0.5, 0.6) is 5.75 Å². The molecule has 0 aliphatic heterocycles. The lowest BCUT2D eigenvalue weighted by atomic mass is 10.1. The molecule has 2 rings (SSSR count). The van der Waals surface area contributed by atoms with E-state index in [9.17, 15) is 4.79 Å². The number of nitrogens with zero attached hydrogens (tertiary/aromatic N) is 2. The number of hydrogen-bond acceptors (Lipinski definition) is 6. The lowest BCUT2D eigenvalue weighted by Crippen LogP contribution is -2.06. The van der Waals surface area contributed by atoms with E-state index in [1.54, 1.807) is 14.0 Å². The van der Waals surface area contributed by atoms with E-state index >= 15 is 0 Å². The molecule has 0 saturated carbocycles. The second kappa shape index (κ2) is 6.88. The Balaban J connectivity index is 2.21. The van der Waals surface area contributed by atoms with Gasteiger partial charge in [0.2, 0.25) is 5.95 Å². The second-order valence-electron chi connectivity index (χ2n) is 4.54. The van der Waals surface area contributed by atoms with Crippen LogP contribution in [0.4, 0.5) is 5.95 Å². The predicted molar refractivity (Wildman–Crippen MR) is 80.1 cm³/mol. The van der Waals surface area contributed by atoms with Gasteiger partial charge in [0.15, 0.2) is 0 Å². The summed E-state index contributed by atoms with van der Waals surface area (Å²) in [5.74, 6) is 0.674. The van der Waals surface area contributed by atoms with E-state index in [4.69, 9.17) is 15.2 Å². The molecule has 0 aliphatic carbocycles. The van der Waals surface area contributed by atoms with Crippen molar-refractivity contribution in [2.45, 2.75) is 26.2 Å². The Labute approximate surface area is 123 Å². The van der Waals surface area contributed by atoms with E-state index in [2.05, 4.69) is 9.97 Å². The fourth-order valence-corrected chi connectivity index (χ4v) is 2.20. The minimum absolute atomic E-state index is 0.193. The zero-order chi connectivity index (χ0) is 15.2. The maximum atomic E-state index is 11.4. The molecular formula is C15H19N3O3. The SMILES string of the molecule is CCOC(=O)CCCc1nc(N)nc2c(OC)cccc12. The molecule has 0 atom stereocenters. The first-order valence-electron chi connectivity index (χ1n) is 6.90. The van der Waals surface area contributed by atoms with Gasteiger partial charge in [-0.2, -0.15) is 0 Å². The number of fused-ring (bicyclic) bond motifs is 1. The highest BCUT2D eigenvalue weighted by molar-refractivity contribution is 5.87. The molecule has 6 nitrogen and oxygen atoms in total. The molecule has 6 heteroatoms. The van der Waals surface area contributed by atoms with Gasteiger partial charge in [0.1, 0.15) is 11.3 Å². The minimum atomic E-state index is -0.193. The van der Waals surface area contributed by atoms with Gasteiger partial charge in [-0.3, -0.25) is 4.79 Å². The van der Waals surface area contributed by atoms with Gasteiger partial charge in [0.05, 0.1) is 19.4 Å². The van der Waals surface area contributed by atoms with Gasteiger partial charge in [0.25, 0.3) is 0 Å². The number of nitrogens with two attached hydrogens (primary N) is 1. The number of hydrogen-bond donors (Lipinski definition) is 1. The molecule has 2 N–H and O–H groups in total. The van der Waals surface area contributed by atoms with Crippen molar-refractivity contribution in [3.63, 3.8) is 0 Å². The fraction of sp³-hybridized carbons (Fsp3) is 0.400. The maximum Gasteiger partial charge on any atom is 0.305 e. The molecule has 1 aromatic carbocycles. The van der Waals surface area contributed by atoms with E-state index in [1.807, 2.05) is 18.2 Å². The van der Waals surface area contributed by atoms with Gasteiger partial charge in [0, 0.05) is 11.8 Å². The second-order valence-corrected chi connectivity index (χ2v) is 4.54. The Morgan fingerprint density at radius 1 is 1.33 bits per heavy atom. The highest BCUT2D eigenvalue weighted by atomic mass is 16.5. The van der Waals surface area contributed by atoms with E-state index < -0.39 is 0 Å². The van der Waals surface area contributed by atoms with Crippen molar-refractivity contribution >= 4 is 22.8 Å². The van der Waals surface area contributed by atoms with E-state index in [0.717, 1.165) is 11.1 Å². The normalized spacial score (nSPS) is 10.6. The minimum Gasteiger partial charge on any atom is -0.494 e. The van der Waals surface area contributed by atoms with Crippen molar-refractivity contribution in [1.29, 1.82) is 0 Å². The Kier molecular flexibility index (Phi) is 4.92. The molecule has 112 valence electrons. The average Bonchev–Trinajstić information content (AvgIpc) is 2.46. The van der Waals surface area contributed by atoms with Crippen LogP contribution in [0, 0.1) is 0 Å². The van der Waals surface area contributed by atoms with Crippen LogP contribution >= 0.6 is 0 Å². The third kappa shape index (κ3) is 3.59. The zero-order valence-corrected chi connectivity index (χ0v) is 12.3. The quantitative estimate of drug-likeness (QED) is 0.819. The first-order chi connectivity index (χ1) is 10.2. The first kappa shape index (κ1) is 15.0. The van der Waals surface area contributed by atoms with Gasteiger partial charge in [-0.1, -0.05) is 12.1 Å². The molecule has 1 aromatic heterocycles. The molecular weight excluding hydrogens is 270 g/mol. The zero-order valence-electron chi connectivity index (χ0n) is 12.3. The number of rotatable bonds is 6. The average molecular weight is 289 g/mol. The smallest absolute Gasteiger partial charge is 0.305 e. The number of methoxy groups -OCH3 is 1. The summed E-state index contributed by atoms with van der Waals surface area (Å²) in [5.41, 5.74) is 7.27. The lowest BCUT2D eigenvalue weighted by molar-refractivity contribution is -0.143. The van der Waals surface area contributed by atoms with Crippen LogP contribution in [-0.4, -0.2) is 29.7 Å². The Morgan fingerprint density at radius 3 is 2.86 bits per heavy atom. The Bertz CT molecular complexity index is 643. The summed E-state index contributed by atoms with van der Waals surface area (Å²) in [6, 6.07) is 5.64. The molecule has 0 saturated heterocycles. The van der Waals surface area contributed by atoms with E-state index in [0.29, 0.717) is 37.1 Å². The summed E-state index contributed by atoms with van der Waals surface area (Å²) in [5, 5.41) is 0.896. The molecule has 0 radical (unpaired) electrons. The number of carbonyl (C=O) groups is 1. The number of benzene rings is 1. The van der Waals surface area contributed by atoms with Crippen molar-refractivity contribution in [2.24, 2.45) is 0 Å². The molecule has 0 aliphatic rings. The topological polar surface area (TPSA) is 87.3 Å². The number of anilines is 1. The lowest BCUT2D eigenvalue weighted by Gasteiger charge is -2.09.